The SMILES string of the molecule is COC(=O)Nc1cc(N2CC=CCC2)nc(N)[n+]1[O-]. The predicted molar refractivity (Wildman–Crippen MR) is 69.6 cm³/mol. The standard InChI is InChI=1S/C11H15N5O3/c1-19-11(17)14-9-7-8(13-10(12)16(9)18)15-5-3-2-4-6-15/h2-3,7H,4-6H2,1H3,(H2,12,13)(H,14,17). The van der Waals surface area contributed by atoms with E-state index in [4.69, 9.17) is 5.73 Å². The Hall–Kier alpha value is -2.51. The molecule has 0 saturated carbocycles. The number of rotatable bonds is 2. The highest BCUT2D eigenvalue weighted by atomic mass is 16.5. The number of nitrogens with one attached hydrogen (secondary N) is 1. The van der Waals surface area contributed by atoms with Gasteiger partial charge >= 0.3 is 12.0 Å². The molecule has 2 heterocycles. The molecule has 0 aromatic carbocycles. The Labute approximate surface area is 110 Å². The van der Waals surface area contributed by atoms with Gasteiger partial charge in [0.1, 0.15) is 0 Å². The Morgan fingerprint density at radius 1 is 1.63 bits per heavy atom. The first-order valence-electron chi connectivity index (χ1n) is 5.77. The van der Waals surface area contributed by atoms with E-state index in [2.05, 4.69) is 21.1 Å². The van der Waals surface area contributed by atoms with Gasteiger partial charge in [0.25, 0.3) is 0 Å². The molecule has 0 radical (unpaired) electrons. The quantitative estimate of drug-likeness (QED) is 0.450. The summed E-state index contributed by atoms with van der Waals surface area (Å²) in [6.45, 7) is 1.47. The third-order valence-electron chi connectivity index (χ3n) is 2.72. The largest absolute Gasteiger partial charge is 0.754 e. The number of carbonyl (C=O) groups excluding carboxylic acids is 1. The van der Waals surface area contributed by atoms with E-state index in [0.29, 0.717) is 17.1 Å². The smallest absolute Gasteiger partial charge is 0.458 e. The van der Waals surface area contributed by atoms with E-state index in [9.17, 15) is 10.0 Å². The van der Waals surface area contributed by atoms with Crippen molar-refractivity contribution in [2.24, 2.45) is 0 Å². The Kier molecular flexibility index (Phi) is 3.69. The van der Waals surface area contributed by atoms with Crippen molar-refractivity contribution in [1.29, 1.82) is 0 Å². The summed E-state index contributed by atoms with van der Waals surface area (Å²) in [5, 5.41) is 14.0. The number of ether oxygens (including phenoxy) is 1. The number of hydrogen-bond donors (Lipinski definition) is 2. The van der Waals surface area contributed by atoms with Crippen molar-refractivity contribution in [1.82, 2.24) is 4.98 Å². The van der Waals surface area contributed by atoms with Crippen LogP contribution in [0.5, 0.6) is 0 Å². The molecule has 2 rings (SSSR count). The molecule has 0 bridgehead atoms. The lowest BCUT2D eigenvalue weighted by Gasteiger charge is -2.24. The normalized spacial score (nSPS) is 14.3. The van der Waals surface area contributed by atoms with Gasteiger partial charge in [0, 0.05) is 13.1 Å². The van der Waals surface area contributed by atoms with E-state index in [1.54, 1.807) is 0 Å². The maximum absolute atomic E-state index is 11.7. The molecule has 8 heteroatoms. The van der Waals surface area contributed by atoms with Crippen molar-refractivity contribution in [3.05, 3.63) is 23.4 Å². The fourth-order valence-electron chi connectivity index (χ4n) is 1.75. The van der Waals surface area contributed by atoms with Crippen molar-refractivity contribution in [3.8, 4) is 0 Å². The van der Waals surface area contributed by atoms with Gasteiger partial charge in [-0.05, 0) is 6.42 Å². The molecule has 1 amide bonds. The number of amides is 1. The third kappa shape index (κ3) is 2.84. The van der Waals surface area contributed by atoms with Crippen LogP contribution in [-0.4, -0.2) is 31.3 Å². The average molecular weight is 265 g/mol. The van der Waals surface area contributed by atoms with E-state index in [0.717, 1.165) is 13.0 Å². The highest BCUT2D eigenvalue weighted by molar-refractivity contribution is 5.82. The summed E-state index contributed by atoms with van der Waals surface area (Å²) in [5.74, 6) is 0.308. The minimum Gasteiger partial charge on any atom is -0.754 e. The molecule has 1 aliphatic heterocycles. The second-order valence-corrected chi connectivity index (χ2v) is 3.97. The Morgan fingerprint density at radius 3 is 3.05 bits per heavy atom. The maximum atomic E-state index is 11.7. The molecule has 102 valence electrons. The first kappa shape index (κ1) is 12.9. The van der Waals surface area contributed by atoms with Gasteiger partial charge in [0.05, 0.1) is 13.2 Å². The van der Waals surface area contributed by atoms with Gasteiger partial charge in [0.15, 0.2) is 5.82 Å². The fraction of sp³-hybridized carbons (Fsp3) is 0.364. The molecule has 1 aromatic heterocycles. The van der Waals surface area contributed by atoms with E-state index >= 15 is 0 Å². The first-order chi connectivity index (χ1) is 9.11. The lowest BCUT2D eigenvalue weighted by atomic mass is 10.2. The summed E-state index contributed by atoms with van der Waals surface area (Å²) < 4.78 is 4.79. The zero-order valence-electron chi connectivity index (χ0n) is 10.5. The fourth-order valence-corrected chi connectivity index (χ4v) is 1.75. The summed E-state index contributed by atoms with van der Waals surface area (Å²) in [6.07, 6.45) is 4.24. The lowest BCUT2D eigenvalue weighted by Crippen LogP contribution is -2.38. The van der Waals surface area contributed by atoms with Crippen LogP contribution in [0.1, 0.15) is 6.42 Å². The number of nitrogens with zero attached hydrogens (tertiary/aromatic N) is 3. The van der Waals surface area contributed by atoms with Crippen molar-refractivity contribution >= 4 is 23.7 Å². The molecule has 8 nitrogen and oxygen atoms in total. The second kappa shape index (κ2) is 5.42. The minimum absolute atomic E-state index is 0.0103. The van der Waals surface area contributed by atoms with Crippen LogP contribution in [0.15, 0.2) is 18.2 Å². The number of nitrogen functional groups attached to an aromatic ring is 1. The third-order valence-corrected chi connectivity index (χ3v) is 2.72. The molecule has 3 N–H and O–H groups in total. The lowest BCUT2D eigenvalue weighted by molar-refractivity contribution is -0.577. The van der Waals surface area contributed by atoms with Crippen molar-refractivity contribution in [2.75, 3.05) is 36.1 Å². The first-order valence-corrected chi connectivity index (χ1v) is 5.77. The van der Waals surface area contributed by atoms with Gasteiger partial charge in [-0.25, -0.2) is 14.8 Å². The average Bonchev–Trinajstić information content (AvgIpc) is 2.44. The van der Waals surface area contributed by atoms with Crippen molar-refractivity contribution in [2.45, 2.75) is 6.42 Å². The van der Waals surface area contributed by atoms with Gasteiger partial charge in [0.2, 0.25) is 5.82 Å². The summed E-state index contributed by atoms with van der Waals surface area (Å²) >= 11 is 0. The number of carbonyl (C=O) groups is 1. The molecule has 1 aliphatic rings. The second-order valence-electron chi connectivity index (χ2n) is 3.97. The van der Waals surface area contributed by atoms with Crippen LogP contribution >= 0.6 is 0 Å². The zero-order chi connectivity index (χ0) is 13.8. The van der Waals surface area contributed by atoms with Crippen LogP contribution in [0.3, 0.4) is 0 Å². The number of aromatic nitrogens is 2. The maximum Gasteiger partial charge on any atom is 0.458 e. The molecule has 19 heavy (non-hydrogen) atoms. The van der Waals surface area contributed by atoms with Gasteiger partial charge < -0.3 is 20.6 Å². The Bertz CT molecular complexity index is 517. The summed E-state index contributed by atoms with van der Waals surface area (Å²) in [6, 6.07) is 1.47. The monoisotopic (exact) mass is 265 g/mol. The van der Waals surface area contributed by atoms with E-state index in [1.165, 1.54) is 13.2 Å². The Morgan fingerprint density at radius 2 is 2.42 bits per heavy atom. The van der Waals surface area contributed by atoms with Crippen LogP contribution in [-0.2, 0) is 4.74 Å². The minimum atomic E-state index is -0.736. The van der Waals surface area contributed by atoms with Gasteiger partial charge in [-0.15, -0.1) is 0 Å². The van der Waals surface area contributed by atoms with Crippen molar-refractivity contribution in [3.63, 3.8) is 0 Å². The molecule has 1 aromatic rings. The van der Waals surface area contributed by atoms with E-state index in [1.807, 2.05) is 11.0 Å². The predicted octanol–water partition coefficient (Wildman–Crippen LogP) is 0.242. The molecule has 0 saturated heterocycles. The van der Waals surface area contributed by atoms with E-state index in [-0.39, 0.29) is 11.8 Å². The van der Waals surface area contributed by atoms with Crippen LogP contribution in [0.2, 0.25) is 0 Å². The van der Waals surface area contributed by atoms with Gasteiger partial charge in [-0.3, -0.25) is 0 Å². The number of methoxy groups -OCH3 is 1. The van der Waals surface area contributed by atoms with E-state index < -0.39 is 6.09 Å². The zero-order valence-corrected chi connectivity index (χ0v) is 10.5. The molecular formula is C11H15N5O3. The molecule has 0 fully saturated rings. The summed E-state index contributed by atoms with van der Waals surface area (Å²) in [7, 11) is 1.21. The van der Waals surface area contributed by atoms with Crippen LogP contribution in [0.25, 0.3) is 0 Å². The molecule has 0 spiro atoms. The van der Waals surface area contributed by atoms with Gasteiger partial charge in [-0.2, -0.15) is 0 Å². The van der Waals surface area contributed by atoms with Crippen LogP contribution in [0.4, 0.5) is 22.4 Å². The van der Waals surface area contributed by atoms with Crippen LogP contribution < -0.4 is 20.7 Å². The summed E-state index contributed by atoms with van der Waals surface area (Å²) in [4.78, 5) is 17.1. The summed E-state index contributed by atoms with van der Waals surface area (Å²) in [5.41, 5.74) is 5.55. The number of hydrogen-bond acceptors (Lipinski definition) is 6. The van der Waals surface area contributed by atoms with Crippen molar-refractivity contribution < 1.29 is 14.3 Å². The molecular weight excluding hydrogens is 250 g/mol. The highest BCUT2D eigenvalue weighted by Crippen LogP contribution is 2.17. The number of anilines is 3. The molecule has 0 aliphatic carbocycles. The molecule has 0 unspecified atom stereocenters. The topological polar surface area (TPSA) is 107 Å². The van der Waals surface area contributed by atoms with Crippen LogP contribution in [0, 0.1) is 5.21 Å². The number of nitrogens with two attached hydrogens (primary N) is 1. The highest BCUT2D eigenvalue weighted by Gasteiger charge is 2.18. The Balaban J connectivity index is 2.30. The van der Waals surface area contributed by atoms with Gasteiger partial charge in [-0.1, -0.05) is 17.1 Å². The molecule has 0 atom stereocenters.